The Labute approximate surface area is 144 Å². The number of rotatable bonds is 7. The summed E-state index contributed by atoms with van der Waals surface area (Å²) in [5.41, 5.74) is 1.11. The number of nitrogens with one attached hydrogen (secondary N) is 1. The molecule has 1 amide bonds. The van der Waals surface area contributed by atoms with E-state index in [0.717, 1.165) is 5.56 Å². The number of benzene rings is 2. The zero-order valence-corrected chi connectivity index (χ0v) is 13.5. The van der Waals surface area contributed by atoms with Crippen LogP contribution in [0.3, 0.4) is 0 Å². The van der Waals surface area contributed by atoms with Gasteiger partial charge in [0.1, 0.15) is 0 Å². The van der Waals surface area contributed by atoms with Gasteiger partial charge in [-0.2, -0.15) is 0 Å². The topological polar surface area (TPSA) is 112 Å². The van der Waals surface area contributed by atoms with Crippen molar-refractivity contribution in [3.63, 3.8) is 0 Å². The van der Waals surface area contributed by atoms with E-state index in [0.29, 0.717) is 5.69 Å². The molecule has 0 unspecified atom stereocenters. The summed E-state index contributed by atoms with van der Waals surface area (Å²) < 4.78 is 0. The molecule has 130 valence electrons. The van der Waals surface area contributed by atoms with Crippen LogP contribution in [-0.4, -0.2) is 16.8 Å². The first-order valence-corrected chi connectivity index (χ1v) is 7.68. The maximum absolute atomic E-state index is 12.5. The Hall–Kier alpha value is -3.22. The number of carboxylic acids is 1. The molecule has 0 aromatic heterocycles. The third-order valence-electron chi connectivity index (χ3n) is 4.00. The second-order valence-electron chi connectivity index (χ2n) is 5.68. The largest absolute Gasteiger partial charge is 0.550 e. The predicted octanol–water partition coefficient (Wildman–Crippen LogP) is 2.09. The minimum Gasteiger partial charge on any atom is -0.550 e. The standard InChI is InChI=1S/C18H18N2O5/c1-12(13-5-3-2-4-6-13)16(11-17(21)22)18(23)19-14-7-9-15(10-8-14)20(24)25/h2-10,12,16H,11H2,1H3,(H,19,23)(H,21,22)/p-1/t12-,16+/m1/s1. The molecule has 0 bridgehead atoms. The summed E-state index contributed by atoms with van der Waals surface area (Å²) in [4.78, 5) is 33.7. The number of carbonyl (C=O) groups excluding carboxylic acids is 2. The molecule has 2 aromatic rings. The normalized spacial score (nSPS) is 12.8. The number of nitrogens with zero attached hydrogens (tertiary/aromatic N) is 1. The van der Waals surface area contributed by atoms with Crippen LogP contribution < -0.4 is 10.4 Å². The summed E-state index contributed by atoms with van der Waals surface area (Å²) in [7, 11) is 0. The van der Waals surface area contributed by atoms with Crippen LogP contribution in [0.15, 0.2) is 54.6 Å². The molecule has 2 aromatic carbocycles. The Kier molecular flexibility index (Phi) is 5.84. The summed E-state index contributed by atoms with van der Waals surface area (Å²) in [6.07, 6.45) is -0.422. The van der Waals surface area contributed by atoms with E-state index in [1.54, 1.807) is 6.92 Å². The summed E-state index contributed by atoms with van der Waals surface area (Å²) >= 11 is 0. The number of aliphatic carboxylic acids is 1. The Bertz CT molecular complexity index is 759. The number of carbonyl (C=O) groups is 2. The summed E-state index contributed by atoms with van der Waals surface area (Å²) in [6.45, 7) is 1.78. The highest BCUT2D eigenvalue weighted by Gasteiger charge is 2.26. The van der Waals surface area contributed by atoms with Gasteiger partial charge in [0.05, 0.1) is 10.8 Å². The Balaban J connectivity index is 2.17. The lowest BCUT2D eigenvalue weighted by molar-refractivity contribution is -0.384. The van der Waals surface area contributed by atoms with Gasteiger partial charge >= 0.3 is 0 Å². The first-order valence-electron chi connectivity index (χ1n) is 7.68. The highest BCUT2D eigenvalue weighted by atomic mass is 16.6. The second-order valence-corrected chi connectivity index (χ2v) is 5.68. The molecule has 7 nitrogen and oxygen atoms in total. The number of anilines is 1. The van der Waals surface area contributed by atoms with Gasteiger partial charge in [-0.1, -0.05) is 37.3 Å². The molecule has 25 heavy (non-hydrogen) atoms. The number of nitro groups is 1. The van der Waals surface area contributed by atoms with E-state index in [9.17, 15) is 24.8 Å². The quantitative estimate of drug-likeness (QED) is 0.612. The molecule has 0 saturated heterocycles. The molecule has 2 rings (SSSR count). The van der Waals surface area contributed by atoms with Crippen LogP contribution >= 0.6 is 0 Å². The van der Waals surface area contributed by atoms with Crippen LogP contribution in [0.2, 0.25) is 0 Å². The zero-order valence-electron chi connectivity index (χ0n) is 13.5. The van der Waals surface area contributed by atoms with Gasteiger partial charge in [0.25, 0.3) is 5.69 Å². The van der Waals surface area contributed by atoms with E-state index in [1.807, 2.05) is 30.3 Å². The Morgan fingerprint density at radius 3 is 2.20 bits per heavy atom. The van der Waals surface area contributed by atoms with Crippen LogP contribution in [0.4, 0.5) is 11.4 Å². The van der Waals surface area contributed by atoms with Crippen molar-refractivity contribution in [3.8, 4) is 0 Å². The highest BCUT2D eigenvalue weighted by molar-refractivity contribution is 5.95. The van der Waals surface area contributed by atoms with Gasteiger partial charge in [-0.15, -0.1) is 0 Å². The number of non-ortho nitro benzene ring substituents is 1. The van der Waals surface area contributed by atoms with E-state index in [4.69, 9.17) is 0 Å². The van der Waals surface area contributed by atoms with Crippen molar-refractivity contribution in [2.45, 2.75) is 19.3 Å². The predicted molar refractivity (Wildman–Crippen MR) is 89.7 cm³/mol. The van der Waals surface area contributed by atoms with E-state index >= 15 is 0 Å². The van der Waals surface area contributed by atoms with Crippen LogP contribution in [-0.2, 0) is 9.59 Å². The van der Waals surface area contributed by atoms with E-state index < -0.39 is 29.1 Å². The number of nitro benzene ring substituents is 1. The molecular weight excluding hydrogens is 324 g/mol. The lowest BCUT2D eigenvalue weighted by Crippen LogP contribution is -2.34. The number of carboxylic acid groups (broad SMARTS) is 1. The number of hydrogen-bond donors (Lipinski definition) is 1. The van der Waals surface area contributed by atoms with Gasteiger partial charge in [0.2, 0.25) is 5.91 Å². The van der Waals surface area contributed by atoms with Crippen LogP contribution in [0, 0.1) is 16.0 Å². The molecule has 0 spiro atoms. The SMILES string of the molecule is C[C@H](c1ccccc1)[C@H](CC(=O)[O-])C(=O)Nc1ccc([N+](=O)[O-])cc1. The first kappa shape index (κ1) is 18.1. The molecule has 0 fully saturated rings. The van der Waals surface area contributed by atoms with Crippen molar-refractivity contribution in [1.82, 2.24) is 0 Å². The molecule has 7 heteroatoms. The van der Waals surface area contributed by atoms with Gasteiger partial charge in [0, 0.05) is 23.8 Å². The minimum atomic E-state index is -1.31. The van der Waals surface area contributed by atoms with Gasteiger partial charge < -0.3 is 15.2 Å². The fraction of sp³-hybridized carbons (Fsp3) is 0.222. The number of hydrogen-bond acceptors (Lipinski definition) is 5. The molecule has 1 N–H and O–H groups in total. The van der Waals surface area contributed by atoms with Crippen molar-refractivity contribution < 1.29 is 19.6 Å². The van der Waals surface area contributed by atoms with Crippen molar-refractivity contribution in [3.05, 3.63) is 70.3 Å². The van der Waals surface area contributed by atoms with Crippen molar-refractivity contribution in [2.75, 3.05) is 5.32 Å². The maximum Gasteiger partial charge on any atom is 0.269 e. The molecule has 0 aliphatic rings. The van der Waals surface area contributed by atoms with E-state index in [1.165, 1.54) is 24.3 Å². The van der Waals surface area contributed by atoms with Crippen LogP contribution in [0.25, 0.3) is 0 Å². The van der Waals surface area contributed by atoms with Crippen molar-refractivity contribution >= 4 is 23.3 Å². The summed E-state index contributed by atoms with van der Waals surface area (Å²) in [5.74, 6) is -2.96. The smallest absolute Gasteiger partial charge is 0.269 e. The lowest BCUT2D eigenvalue weighted by atomic mass is 9.84. The molecule has 0 aliphatic carbocycles. The Morgan fingerprint density at radius 2 is 1.68 bits per heavy atom. The highest BCUT2D eigenvalue weighted by Crippen LogP contribution is 2.28. The van der Waals surface area contributed by atoms with Crippen LogP contribution in [0.1, 0.15) is 24.8 Å². The summed E-state index contributed by atoms with van der Waals surface area (Å²) in [6, 6.07) is 14.5. The maximum atomic E-state index is 12.5. The second kappa shape index (κ2) is 8.05. The van der Waals surface area contributed by atoms with Crippen LogP contribution in [0.5, 0.6) is 0 Å². The average Bonchev–Trinajstić information content (AvgIpc) is 2.60. The molecule has 0 aliphatic heterocycles. The van der Waals surface area contributed by atoms with Gasteiger partial charge in [-0.3, -0.25) is 14.9 Å². The van der Waals surface area contributed by atoms with Crippen molar-refractivity contribution in [1.29, 1.82) is 0 Å². The molecule has 0 radical (unpaired) electrons. The zero-order chi connectivity index (χ0) is 18.4. The molecular formula is C18H17N2O5-. The lowest BCUT2D eigenvalue weighted by Gasteiger charge is -2.24. The third kappa shape index (κ3) is 4.87. The van der Waals surface area contributed by atoms with E-state index in [-0.39, 0.29) is 11.6 Å². The number of amides is 1. The van der Waals surface area contributed by atoms with Gasteiger partial charge in [-0.05, 0) is 30.0 Å². The monoisotopic (exact) mass is 341 g/mol. The minimum absolute atomic E-state index is 0.0954. The van der Waals surface area contributed by atoms with Gasteiger partial charge in [0.15, 0.2) is 0 Å². The molecule has 0 saturated carbocycles. The van der Waals surface area contributed by atoms with Crippen molar-refractivity contribution in [2.24, 2.45) is 5.92 Å². The molecule has 2 atom stereocenters. The fourth-order valence-electron chi connectivity index (χ4n) is 2.57. The Morgan fingerprint density at radius 1 is 1.08 bits per heavy atom. The first-order chi connectivity index (χ1) is 11.9. The van der Waals surface area contributed by atoms with E-state index in [2.05, 4.69) is 5.32 Å². The molecule has 0 heterocycles. The van der Waals surface area contributed by atoms with Gasteiger partial charge in [-0.25, -0.2) is 0 Å². The summed E-state index contributed by atoms with van der Waals surface area (Å²) in [5, 5.41) is 24.3. The average molecular weight is 341 g/mol. The fourth-order valence-corrected chi connectivity index (χ4v) is 2.57. The third-order valence-corrected chi connectivity index (χ3v) is 4.00.